The van der Waals surface area contributed by atoms with Crippen LogP contribution in [-0.2, 0) is 5.75 Å². The van der Waals surface area contributed by atoms with Crippen molar-refractivity contribution in [2.75, 3.05) is 7.11 Å². The molecule has 4 aromatic rings. The second-order valence-electron chi connectivity index (χ2n) is 5.47. The molecule has 3 aromatic carbocycles. The Labute approximate surface area is 144 Å². The second-order valence-corrected chi connectivity index (χ2v) is 6.49. The Hall–Kier alpha value is -2.59. The minimum Gasteiger partial charge on any atom is -0.497 e. The summed E-state index contributed by atoms with van der Waals surface area (Å²) in [5, 5.41) is 0. The first-order valence-electron chi connectivity index (χ1n) is 7.75. The van der Waals surface area contributed by atoms with E-state index in [1.807, 2.05) is 48.5 Å². The molecule has 0 N–H and O–H groups in total. The molecular formula is C20H16N2OS. The fraction of sp³-hybridized carbons (Fsp3) is 0.100. The van der Waals surface area contributed by atoms with Crippen molar-refractivity contribution in [1.82, 2.24) is 9.97 Å². The highest BCUT2D eigenvalue weighted by molar-refractivity contribution is 7.98. The van der Waals surface area contributed by atoms with E-state index in [1.54, 1.807) is 18.9 Å². The van der Waals surface area contributed by atoms with Crippen LogP contribution in [0.2, 0.25) is 0 Å². The molecule has 0 spiro atoms. The third kappa shape index (κ3) is 2.93. The standard InChI is InChI=1S/C20H16N2OS/c1-23-15-11-9-14(10-12-15)13-24-19-8-4-7-18-20(19)22-17-6-3-2-5-16(17)21-18/h2-12H,13H2,1H3. The number of para-hydroxylation sites is 3. The van der Waals surface area contributed by atoms with Crippen LogP contribution in [0.25, 0.3) is 22.1 Å². The summed E-state index contributed by atoms with van der Waals surface area (Å²) in [7, 11) is 1.68. The summed E-state index contributed by atoms with van der Waals surface area (Å²) in [6.45, 7) is 0. The first-order chi connectivity index (χ1) is 11.8. The maximum atomic E-state index is 5.21. The lowest BCUT2D eigenvalue weighted by molar-refractivity contribution is 0.414. The number of hydrogen-bond acceptors (Lipinski definition) is 4. The SMILES string of the molecule is COc1ccc(CSc2cccc3nc4ccccc4nc23)cc1. The molecule has 0 unspecified atom stereocenters. The van der Waals surface area contributed by atoms with Crippen LogP contribution in [0.15, 0.2) is 71.6 Å². The number of aromatic nitrogens is 2. The van der Waals surface area contributed by atoms with Crippen LogP contribution in [0.3, 0.4) is 0 Å². The van der Waals surface area contributed by atoms with E-state index in [-0.39, 0.29) is 0 Å². The second kappa shape index (κ2) is 6.49. The van der Waals surface area contributed by atoms with Crippen LogP contribution >= 0.6 is 11.8 Å². The Morgan fingerprint density at radius 2 is 1.50 bits per heavy atom. The summed E-state index contributed by atoms with van der Waals surface area (Å²) < 4.78 is 5.21. The normalized spacial score (nSPS) is 11.0. The number of hydrogen-bond donors (Lipinski definition) is 0. The molecule has 0 aliphatic carbocycles. The van der Waals surface area contributed by atoms with Gasteiger partial charge in [-0.1, -0.05) is 30.3 Å². The van der Waals surface area contributed by atoms with Gasteiger partial charge in [0.25, 0.3) is 0 Å². The monoisotopic (exact) mass is 332 g/mol. The molecule has 1 aromatic heterocycles. The molecule has 0 atom stereocenters. The average Bonchev–Trinajstić information content (AvgIpc) is 2.65. The molecule has 0 saturated heterocycles. The van der Waals surface area contributed by atoms with Gasteiger partial charge >= 0.3 is 0 Å². The average molecular weight is 332 g/mol. The van der Waals surface area contributed by atoms with Crippen molar-refractivity contribution < 1.29 is 4.74 Å². The highest BCUT2D eigenvalue weighted by Crippen LogP contribution is 2.30. The molecule has 0 aliphatic rings. The number of methoxy groups -OCH3 is 1. The predicted molar refractivity (Wildman–Crippen MR) is 99.6 cm³/mol. The van der Waals surface area contributed by atoms with Gasteiger partial charge in [-0.3, -0.25) is 0 Å². The lowest BCUT2D eigenvalue weighted by Gasteiger charge is -2.07. The summed E-state index contributed by atoms with van der Waals surface area (Å²) in [6.07, 6.45) is 0. The van der Waals surface area contributed by atoms with E-state index in [2.05, 4.69) is 18.2 Å². The summed E-state index contributed by atoms with van der Waals surface area (Å²) in [5.74, 6) is 1.77. The third-order valence-electron chi connectivity index (χ3n) is 3.89. The number of nitrogens with zero attached hydrogens (tertiary/aromatic N) is 2. The van der Waals surface area contributed by atoms with Crippen molar-refractivity contribution in [3.05, 3.63) is 72.3 Å². The minimum absolute atomic E-state index is 0.881. The van der Waals surface area contributed by atoms with Gasteiger partial charge in [0.2, 0.25) is 0 Å². The van der Waals surface area contributed by atoms with Gasteiger partial charge in [0.15, 0.2) is 0 Å². The van der Waals surface area contributed by atoms with Gasteiger partial charge < -0.3 is 4.74 Å². The number of rotatable bonds is 4. The smallest absolute Gasteiger partial charge is 0.118 e. The van der Waals surface area contributed by atoms with Gasteiger partial charge in [-0.25, -0.2) is 9.97 Å². The van der Waals surface area contributed by atoms with E-state index in [0.717, 1.165) is 38.5 Å². The summed E-state index contributed by atoms with van der Waals surface area (Å²) >= 11 is 1.78. The molecule has 118 valence electrons. The Morgan fingerprint density at radius 1 is 0.792 bits per heavy atom. The van der Waals surface area contributed by atoms with Gasteiger partial charge in [-0.15, -0.1) is 11.8 Å². The molecule has 1 heterocycles. The van der Waals surface area contributed by atoms with Crippen molar-refractivity contribution in [3.63, 3.8) is 0 Å². The van der Waals surface area contributed by atoms with Crippen molar-refractivity contribution in [2.45, 2.75) is 10.6 Å². The van der Waals surface area contributed by atoms with Gasteiger partial charge in [0.1, 0.15) is 11.3 Å². The predicted octanol–water partition coefficient (Wildman–Crippen LogP) is 5.08. The molecule has 4 heteroatoms. The fourth-order valence-electron chi connectivity index (χ4n) is 2.62. The highest BCUT2D eigenvalue weighted by Gasteiger charge is 2.07. The zero-order chi connectivity index (χ0) is 16.4. The van der Waals surface area contributed by atoms with Crippen LogP contribution in [0.5, 0.6) is 5.75 Å². The largest absolute Gasteiger partial charge is 0.497 e. The highest BCUT2D eigenvalue weighted by atomic mass is 32.2. The quantitative estimate of drug-likeness (QED) is 0.385. The maximum Gasteiger partial charge on any atom is 0.118 e. The minimum atomic E-state index is 0.881. The van der Waals surface area contributed by atoms with Crippen LogP contribution < -0.4 is 4.74 Å². The lowest BCUT2D eigenvalue weighted by atomic mass is 10.2. The fourth-order valence-corrected chi connectivity index (χ4v) is 3.59. The van der Waals surface area contributed by atoms with Crippen LogP contribution in [0, 0.1) is 0 Å². The molecule has 0 saturated carbocycles. The van der Waals surface area contributed by atoms with E-state index < -0.39 is 0 Å². The van der Waals surface area contributed by atoms with Crippen LogP contribution in [0.1, 0.15) is 5.56 Å². The summed E-state index contributed by atoms with van der Waals surface area (Å²) in [4.78, 5) is 10.7. The summed E-state index contributed by atoms with van der Waals surface area (Å²) in [6, 6.07) is 22.3. The maximum absolute atomic E-state index is 5.21. The first-order valence-corrected chi connectivity index (χ1v) is 8.73. The number of ether oxygens (including phenoxy) is 1. The van der Waals surface area contributed by atoms with E-state index in [0.29, 0.717) is 0 Å². The van der Waals surface area contributed by atoms with Gasteiger partial charge in [-0.2, -0.15) is 0 Å². The zero-order valence-corrected chi connectivity index (χ0v) is 14.1. The number of benzene rings is 3. The molecule has 0 fully saturated rings. The molecule has 0 radical (unpaired) electrons. The van der Waals surface area contributed by atoms with Crippen molar-refractivity contribution in [2.24, 2.45) is 0 Å². The Morgan fingerprint density at radius 3 is 2.25 bits per heavy atom. The number of fused-ring (bicyclic) bond motifs is 2. The molecule has 0 amide bonds. The molecule has 0 bridgehead atoms. The van der Waals surface area contributed by atoms with Gasteiger partial charge in [-0.05, 0) is 42.0 Å². The first kappa shape index (κ1) is 15.0. The summed E-state index contributed by atoms with van der Waals surface area (Å²) in [5.41, 5.74) is 5.03. The topological polar surface area (TPSA) is 35.0 Å². The van der Waals surface area contributed by atoms with E-state index in [4.69, 9.17) is 14.7 Å². The molecular weight excluding hydrogens is 316 g/mol. The van der Waals surface area contributed by atoms with Crippen LogP contribution in [0.4, 0.5) is 0 Å². The molecule has 4 rings (SSSR count). The Bertz CT molecular complexity index is 999. The van der Waals surface area contributed by atoms with Gasteiger partial charge in [0, 0.05) is 10.6 Å². The van der Waals surface area contributed by atoms with Crippen molar-refractivity contribution in [1.29, 1.82) is 0 Å². The van der Waals surface area contributed by atoms with E-state index in [9.17, 15) is 0 Å². The van der Waals surface area contributed by atoms with Crippen molar-refractivity contribution >= 4 is 33.8 Å². The van der Waals surface area contributed by atoms with E-state index >= 15 is 0 Å². The van der Waals surface area contributed by atoms with Crippen molar-refractivity contribution in [3.8, 4) is 5.75 Å². The number of thioether (sulfide) groups is 1. The zero-order valence-electron chi connectivity index (χ0n) is 13.3. The molecule has 0 aliphatic heterocycles. The van der Waals surface area contributed by atoms with Gasteiger partial charge in [0.05, 0.1) is 23.7 Å². The molecule has 3 nitrogen and oxygen atoms in total. The van der Waals surface area contributed by atoms with Crippen LogP contribution in [-0.4, -0.2) is 17.1 Å². The third-order valence-corrected chi connectivity index (χ3v) is 5.00. The Balaban J connectivity index is 1.66. The lowest BCUT2D eigenvalue weighted by Crippen LogP contribution is -1.90. The molecule has 24 heavy (non-hydrogen) atoms. The van der Waals surface area contributed by atoms with E-state index in [1.165, 1.54) is 5.56 Å². The Kier molecular flexibility index (Phi) is 4.05.